The van der Waals surface area contributed by atoms with Gasteiger partial charge in [0.2, 0.25) is 0 Å². The smallest absolute Gasteiger partial charge is 0.0525 e. The molecule has 2 heterocycles. The molecule has 6 rings (SSSR count). The van der Waals surface area contributed by atoms with Crippen molar-refractivity contribution in [2.45, 2.75) is 77.7 Å². The summed E-state index contributed by atoms with van der Waals surface area (Å²) in [4.78, 5) is 4.39. The maximum atomic E-state index is 4.39. The van der Waals surface area contributed by atoms with Gasteiger partial charge in [0.15, 0.2) is 0 Å². The maximum absolute atomic E-state index is 4.39. The van der Waals surface area contributed by atoms with E-state index in [1.54, 1.807) is 11.1 Å². The highest BCUT2D eigenvalue weighted by Gasteiger charge is 2.38. The first-order valence-electron chi connectivity index (χ1n) is 13.1. The fourth-order valence-corrected chi connectivity index (χ4v) is 6.31. The molecule has 0 bridgehead atoms. The fourth-order valence-electron chi connectivity index (χ4n) is 6.31. The second-order valence-electron chi connectivity index (χ2n) is 12.0. The zero-order valence-corrected chi connectivity index (χ0v) is 21.8. The molecule has 0 saturated carbocycles. The largest absolute Gasteiger partial charge is 0.342 e. The summed E-state index contributed by atoms with van der Waals surface area (Å²) in [6.07, 6.45) is 11.0. The SMILES string of the molecule is Cc1ccc(-c2cn(Cc3cccnc3)c3c2CCc2cc4c(cc2-3)C(C)(C)CCC4(C)C)cc1. The molecule has 178 valence electrons. The van der Waals surface area contributed by atoms with Crippen LogP contribution in [0, 0.1) is 6.92 Å². The molecule has 2 aliphatic rings. The van der Waals surface area contributed by atoms with E-state index in [0.717, 1.165) is 19.4 Å². The van der Waals surface area contributed by atoms with Gasteiger partial charge in [-0.1, -0.05) is 69.7 Å². The van der Waals surface area contributed by atoms with Crippen molar-refractivity contribution in [2.75, 3.05) is 0 Å². The Morgan fingerprint density at radius 3 is 2.26 bits per heavy atom. The van der Waals surface area contributed by atoms with Gasteiger partial charge in [-0.05, 0) is 89.0 Å². The van der Waals surface area contributed by atoms with Crippen LogP contribution in [-0.4, -0.2) is 9.55 Å². The van der Waals surface area contributed by atoms with Gasteiger partial charge in [0.1, 0.15) is 0 Å². The molecule has 2 aromatic heterocycles. The van der Waals surface area contributed by atoms with Gasteiger partial charge >= 0.3 is 0 Å². The lowest BCUT2D eigenvalue weighted by molar-refractivity contribution is 0.331. The topological polar surface area (TPSA) is 17.8 Å². The van der Waals surface area contributed by atoms with Crippen molar-refractivity contribution in [1.29, 1.82) is 0 Å². The van der Waals surface area contributed by atoms with E-state index in [1.165, 1.54) is 57.5 Å². The number of pyridine rings is 1. The molecule has 4 aromatic rings. The predicted molar refractivity (Wildman–Crippen MR) is 146 cm³/mol. The summed E-state index contributed by atoms with van der Waals surface area (Å²) in [5, 5.41) is 0. The van der Waals surface area contributed by atoms with E-state index >= 15 is 0 Å². The number of aromatic nitrogens is 2. The number of rotatable bonds is 3. The Morgan fingerprint density at radius 1 is 0.857 bits per heavy atom. The summed E-state index contributed by atoms with van der Waals surface area (Å²) in [7, 11) is 0. The molecule has 0 aliphatic heterocycles. The quantitative estimate of drug-likeness (QED) is 0.303. The Kier molecular flexibility index (Phi) is 5.07. The van der Waals surface area contributed by atoms with Gasteiger partial charge in [0.25, 0.3) is 0 Å². The summed E-state index contributed by atoms with van der Waals surface area (Å²) >= 11 is 0. The number of benzene rings is 2. The highest BCUT2D eigenvalue weighted by atomic mass is 15.0. The molecule has 0 spiro atoms. The van der Waals surface area contributed by atoms with Gasteiger partial charge in [-0.3, -0.25) is 4.98 Å². The zero-order valence-electron chi connectivity index (χ0n) is 21.8. The van der Waals surface area contributed by atoms with E-state index in [9.17, 15) is 0 Å². The average molecular weight is 461 g/mol. The Balaban J connectivity index is 1.58. The van der Waals surface area contributed by atoms with Crippen LogP contribution in [0.3, 0.4) is 0 Å². The highest BCUT2D eigenvalue weighted by molar-refractivity contribution is 5.82. The van der Waals surface area contributed by atoms with Crippen molar-refractivity contribution in [2.24, 2.45) is 0 Å². The van der Waals surface area contributed by atoms with Crippen LogP contribution in [0.5, 0.6) is 0 Å². The first kappa shape index (κ1) is 22.3. The van der Waals surface area contributed by atoms with E-state index in [2.05, 4.69) is 92.8 Å². The van der Waals surface area contributed by atoms with Crippen LogP contribution in [-0.2, 0) is 30.2 Å². The van der Waals surface area contributed by atoms with E-state index < -0.39 is 0 Å². The molecular formula is C33H36N2. The first-order chi connectivity index (χ1) is 16.7. The van der Waals surface area contributed by atoms with Gasteiger partial charge < -0.3 is 4.57 Å². The first-order valence-corrected chi connectivity index (χ1v) is 13.1. The Labute approximate surface area is 210 Å². The third kappa shape index (κ3) is 3.75. The van der Waals surface area contributed by atoms with Crippen LogP contribution in [0.25, 0.3) is 22.4 Å². The molecule has 0 atom stereocenters. The van der Waals surface area contributed by atoms with Crippen molar-refractivity contribution < 1.29 is 0 Å². The molecule has 0 amide bonds. The summed E-state index contributed by atoms with van der Waals surface area (Å²) in [5.74, 6) is 0. The molecular weight excluding hydrogens is 424 g/mol. The summed E-state index contributed by atoms with van der Waals surface area (Å²) < 4.78 is 2.49. The van der Waals surface area contributed by atoms with Gasteiger partial charge in [-0.15, -0.1) is 0 Å². The van der Waals surface area contributed by atoms with Crippen molar-refractivity contribution in [1.82, 2.24) is 9.55 Å². The molecule has 2 heteroatoms. The normalized spacial score (nSPS) is 17.4. The van der Waals surface area contributed by atoms with Crippen molar-refractivity contribution >= 4 is 0 Å². The zero-order chi connectivity index (χ0) is 24.4. The maximum Gasteiger partial charge on any atom is 0.0525 e. The lowest BCUT2D eigenvalue weighted by Gasteiger charge is -2.43. The second-order valence-corrected chi connectivity index (χ2v) is 12.0. The van der Waals surface area contributed by atoms with Gasteiger partial charge in [-0.25, -0.2) is 0 Å². The van der Waals surface area contributed by atoms with Gasteiger partial charge in [0, 0.05) is 36.3 Å². The molecule has 0 N–H and O–H groups in total. The lowest BCUT2D eigenvalue weighted by atomic mass is 9.62. The molecule has 0 unspecified atom stereocenters. The Hall–Kier alpha value is -3.13. The van der Waals surface area contributed by atoms with E-state index in [-0.39, 0.29) is 10.8 Å². The predicted octanol–water partition coefficient (Wildman–Crippen LogP) is 8.02. The van der Waals surface area contributed by atoms with Crippen LogP contribution >= 0.6 is 0 Å². The number of aryl methyl sites for hydroxylation is 2. The minimum atomic E-state index is 0.206. The van der Waals surface area contributed by atoms with Crippen LogP contribution in [0.2, 0.25) is 0 Å². The summed E-state index contributed by atoms with van der Waals surface area (Å²) in [6, 6.07) is 18.4. The number of fused-ring (bicyclic) bond motifs is 4. The minimum Gasteiger partial charge on any atom is -0.342 e. The van der Waals surface area contributed by atoms with E-state index in [1.807, 2.05) is 18.5 Å². The molecule has 2 nitrogen and oxygen atoms in total. The molecule has 2 aromatic carbocycles. The van der Waals surface area contributed by atoms with Gasteiger partial charge in [-0.2, -0.15) is 0 Å². The number of nitrogens with zero attached hydrogens (tertiary/aromatic N) is 2. The third-order valence-electron chi connectivity index (χ3n) is 8.60. The molecule has 0 radical (unpaired) electrons. The summed E-state index contributed by atoms with van der Waals surface area (Å²) in [5.41, 5.74) is 14.7. The van der Waals surface area contributed by atoms with Gasteiger partial charge in [0.05, 0.1) is 5.69 Å². The van der Waals surface area contributed by atoms with Crippen LogP contribution in [0.15, 0.2) is 67.1 Å². The van der Waals surface area contributed by atoms with Crippen molar-refractivity contribution in [3.8, 4) is 22.4 Å². The molecule has 0 fully saturated rings. The van der Waals surface area contributed by atoms with Crippen LogP contribution in [0.4, 0.5) is 0 Å². The monoisotopic (exact) mass is 460 g/mol. The van der Waals surface area contributed by atoms with Crippen LogP contribution in [0.1, 0.15) is 73.9 Å². The fraction of sp³-hybridized carbons (Fsp3) is 0.364. The molecule has 0 saturated heterocycles. The number of hydrogen-bond donors (Lipinski definition) is 0. The lowest BCUT2D eigenvalue weighted by Crippen LogP contribution is -2.34. The van der Waals surface area contributed by atoms with Crippen molar-refractivity contribution in [3.05, 3.63) is 101 Å². The third-order valence-corrected chi connectivity index (χ3v) is 8.60. The standard InChI is InChI=1S/C33H36N2/c1-22-8-10-24(11-9-22)28-21-35(20-23-7-6-16-34-19-23)31-26(28)13-12-25-17-29-30(18-27(25)31)33(4,5)15-14-32(29,2)3/h6-11,16-19,21H,12-15,20H2,1-5H3. The molecule has 35 heavy (non-hydrogen) atoms. The highest BCUT2D eigenvalue weighted by Crippen LogP contribution is 2.50. The average Bonchev–Trinajstić information content (AvgIpc) is 3.21. The van der Waals surface area contributed by atoms with Crippen molar-refractivity contribution in [3.63, 3.8) is 0 Å². The van der Waals surface area contributed by atoms with E-state index in [4.69, 9.17) is 0 Å². The Morgan fingerprint density at radius 2 is 1.57 bits per heavy atom. The van der Waals surface area contributed by atoms with Crippen LogP contribution < -0.4 is 0 Å². The Bertz CT molecular complexity index is 1400. The second kappa shape index (κ2) is 7.95. The van der Waals surface area contributed by atoms with E-state index in [0.29, 0.717) is 0 Å². The number of hydrogen-bond acceptors (Lipinski definition) is 1. The summed E-state index contributed by atoms with van der Waals surface area (Å²) in [6.45, 7) is 12.7. The minimum absolute atomic E-state index is 0.206. The molecule has 2 aliphatic carbocycles.